The molecule has 3 aromatic heterocycles. The maximum absolute atomic E-state index is 12.7. The van der Waals surface area contributed by atoms with Crippen molar-refractivity contribution in [2.24, 2.45) is 0 Å². The van der Waals surface area contributed by atoms with Gasteiger partial charge in [0.2, 0.25) is 0 Å². The van der Waals surface area contributed by atoms with Crippen molar-refractivity contribution < 1.29 is 4.79 Å². The second-order valence-electron chi connectivity index (χ2n) is 6.73. The molecule has 0 saturated carbocycles. The van der Waals surface area contributed by atoms with E-state index in [9.17, 15) is 4.79 Å². The van der Waals surface area contributed by atoms with E-state index in [0.717, 1.165) is 42.7 Å². The molecular formula is C23H16N4OS2. The number of nitrogens with one attached hydrogen (secondary N) is 1. The molecule has 0 radical (unpaired) electrons. The van der Waals surface area contributed by atoms with Crippen LogP contribution in [-0.4, -0.2) is 20.9 Å². The van der Waals surface area contributed by atoms with E-state index >= 15 is 0 Å². The fourth-order valence-corrected chi connectivity index (χ4v) is 4.82. The van der Waals surface area contributed by atoms with E-state index in [2.05, 4.69) is 20.3 Å². The minimum Gasteiger partial charge on any atom is -0.320 e. The van der Waals surface area contributed by atoms with Gasteiger partial charge in [-0.15, -0.1) is 11.3 Å². The van der Waals surface area contributed by atoms with Gasteiger partial charge in [0.25, 0.3) is 5.91 Å². The number of carbonyl (C=O) groups excluding carboxylic acids is 1. The SMILES string of the molecule is Cc1cc(-c2nc3cccnc3s2)ccc1NC(=O)c1csc(-c2ccccc2)n1. The highest BCUT2D eigenvalue weighted by molar-refractivity contribution is 7.21. The molecule has 2 aromatic carbocycles. The predicted molar refractivity (Wildman–Crippen MR) is 123 cm³/mol. The van der Waals surface area contributed by atoms with Crippen molar-refractivity contribution >= 4 is 44.6 Å². The number of pyridine rings is 1. The lowest BCUT2D eigenvalue weighted by atomic mass is 10.1. The van der Waals surface area contributed by atoms with E-state index < -0.39 is 0 Å². The normalized spacial score (nSPS) is 11.0. The zero-order valence-electron chi connectivity index (χ0n) is 16.0. The van der Waals surface area contributed by atoms with Gasteiger partial charge in [-0.05, 0) is 42.8 Å². The van der Waals surface area contributed by atoms with Gasteiger partial charge in [0.05, 0.1) is 0 Å². The van der Waals surface area contributed by atoms with Gasteiger partial charge in [-0.25, -0.2) is 15.0 Å². The van der Waals surface area contributed by atoms with Gasteiger partial charge in [-0.1, -0.05) is 41.7 Å². The van der Waals surface area contributed by atoms with Crippen molar-refractivity contribution in [3.63, 3.8) is 0 Å². The number of benzene rings is 2. The first-order valence-electron chi connectivity index (χ1n) is 9.32. The van der Waals surface area contributed by atoms with E-state index in [4.69, 9.17) is 0 Å². The Kier molecular flexibility index (Phi) is 4.82. The molecule has 3 heterocycles. The largest absolute Gasteiger partial charge is 0.320 e. The summed E-state index contributed by atoms with van der Waals surface area (Å²) < 4.78 is 0. The van der Waals surface area contributed by atoms with Gasteiger partial charge >= 0.3 is 0 Å². The van der Waals surface area contributed by atoms with Crippen LogP contribution < -0.4 is 5.32 Å². The van der Waals surface area contributed by atoms with Crippen LogP contribution in [0, 0.1) is 6.92 Å². The molecule has 1 N–H and O–H groups in total. The number of thiazole rings is 2. The third-order valence-electron chi connectivity index (χ3n) is 4.65. The van der Waals surface area contributed by atoms with Crippen LogP contribution in [-0.2, 0) is 0 Å². The number of aromatic nitrogens is 3. The molecule has 0 unspecified atom stereocenters. The summed E-state index contributed by atoms with van der Waals surface area (Å²) in [6.45, 7) is 1.97. The van der Waals surface area contributed by atoms with Crippen molar-refractivity contribution in [2.45, 2.75) is 6.92 Å². The van der Waals surface area contributed by atoms with E-state index in [0.29, 0.717) is 5.69 Å². The maximum atomic E-state index is 12.7. The zero-order valence-corrected chi connectivity index (χ0v) is 17.6. The fourth-order valence-electron chi connectivity index (χ4n) is 3.11. The molecular weight excluding hydrogens is 412 g/mol. The molecule has 0 atom stereocenters. The van der Waals surface area contributed by atoms with Gasteiger partial charge in [0.15, 0.2) is 0 Å². The first-order valence-corrected chi connectivity index (χ1v) is 11.0. The Bertz CT molecular complexity index is 1330. The fraction of sp³-hybridized carbons (Fsp3) is 0.0435. The lowest BCUT2D eigenvalue weighted by Crippen LogP contribution is -2.13. The van der Waals surface area contributed by atoms with Crippen molar-refractivity contribution in [2.75, 3.05) is 5.32 Å². The van der Waals surface area contributed by atoms with Gasteiger partial charge in [0, 0.05) is 28.4 Å². The summed E-state index contributed by atoms with van der Waals surface area (Å²) in [4.78, 5) is 27.1. The summed E-state index contributed by atoms with van der Waals surface area (Å²) in [6, 6.07) is 19.6. The molecule has 5 nitrogen and oxygen atoms in total. The third kappa shape index (κ3) is 3.60. The second-order valence-corrected chi connectivity index (χ2v) is 8.57. The Labute approximate surface area is 181 Å². The van der Waals surface area contributed by atoms with E-state index in [-0.39, 0.29) is 5.91 Å². The van der Waals surface area contributed by atoms with E-state index in [1.807, 2.05) is 67.6 Å². The van der Waals surface area contributed by atoms with Gasteiger partial charge in [-0.2, -0.15) is 0 Å². The van der Waals surface area contributed by atoms with Crippen LogP contribution in [0.3, 0.4) is 0 Å². The van der Waals surface area contributed by atoms with Crippen LogP contribution in [0.2, 0.25) is 0 Å². The molecule has 30 heavy (non-hydrogen) atoms. The number of carbonyl (C=O) groups is 1. The molecule has 0 spiro atoms. The number of aryl methyl sites for hydroxylation is 1. The van der Waals surface area contributed by atoms with Crippen molar-refractivity contribution in [3.05, 3.63) is 83.5 Å². The molecule has 0 fully saturated rings. The first kappa shape index (κ1) is 18.6. The lowest BCUT2D eigenvalue weighted by Gasteiger charge is -2.08. The number of amides is 1. The Morgan fingerprint density at radius 1 is 0.933 bits per heavy atom. The van der Waals surface area contributed by atoms with Crippen LogP contribution in [0.1, 0.15) is 16.1 Å². The number of hydrogen-bond acceptors (Lipinski definition) is 6. The smallest absolute Gasteiger partial charge is 0.275 e. The minimum absolute atomic E-state index is 0.214. The van der Waals surface area contributed by atoms with Crippen molar-refractivity contribution in [1.29, 1.82) is 0 Å². The van der Waals surface area contributed by atoms with Gasteiger partial charge in [-0.3, -0.25) is 4.79 Å². The molecule has 1 amide bonds. The molecule has 146 valence electrons. The predicted octanol–water partition coefficient (Wildman–Crippen LogP) is 6.04. The van der Waals surface area contributed by atoms with E-state index in [1.165, 1.54) is 11.3 Å². The standard InChI is InChI=1S/C23H16N4OS2/c1-14-12-16(22-26-18-8-5-11-24-23(18)30-22)9-10-17(14)25-20(28)19-13-29-21(27-19)15-6-3-2-4-7-15/h2-13H,1H3,(H,25,28). The summed E-state index contributed by atoms with van der Waals surface area (Å²) in [5.74, 6) is -0.214. The third-order valence-corrected chi connectivity index (χ3v) is 6.57. The number of fused-ring (bicyclic) bond motifs is 1. The monoisotopic (exact) mass is 428 g/mol. The summed E-state index contributed by atoms with van der Waals surface area (Å²) in [6.07, 6.45) is 1.77. The number of anilines is 1. The quantitative estimate of drug-likeness (QED) is 0.379. The molecule has 5 aromatic rings. The minimum atomic E-state index is -0.214. The zero-order chi connectivity index (χ0) is 20.5. The van der Waals surface area contributed by atoms with Crippen LogP contribution >= 0.6 is 22.7 Å². The molecule has 0 bridgehead atoms. The molecule has 0 aliphatic carbocycles. The highest BCUT2D eigenvalue weighted by Crippen LogP contribution is 2.31. The average molecular weight is 429 g/mol. The van der Waals surface area contributed by atoms with Crippen molar-refractivity contribution in [3.8, 4) is 21.1 Å². The molecule has 5 rings (SSSR count). The Balaban J connectivity index is 1.36. The van der Waals surface area contributed by atoms with Crippen molar-refractivity contribution in [1.82, 2.24) is 15.0 Å². The average Bonchev–Trinajstić information content (AvgIpc) is 3.43. The van der Waals surface area contributed by atoms with Crippen LogP contribution in [0.25, 0.3) is 31.5 Å². The summed E-state index contributed by atoms with van der Waals surface area (Å²) >= 11 is 3.02. The molecule has 0 aliphatic rings. The number of nitrogens with zero attached hydrogens (tertiary/aromatic N) is 3. The Morgan fingerprint density at radius 2 is 1.80 bits per heavy atom. The Hall–Kier alpha value is -3.42. The van der Waals surface area contributed by atoms with E-state index in [1.54, 1.807) is 22.9 Å². The van der Waals surface area contributed by atoms with Crippen LogP contribution in [0.5, 0.6) is 0 Å². The highest BCUT2D eigenvalue weighted by atomic mass is 32.1. The topological polar surface area (TPSA) is 67.8 Å². The summed E-state index contributed by atoms with van der Waals surface area (Å²) in [5, 5.41) is 6.50. The van der Waals surface area contributed by atoms with Gasteiger partial charge < -0.3 is 5.32 Å². The number of rotatable bonds is 4. The van der Waals surface area contributed by atoms with Crippen LogP contribution in [0.15, 0.2) is 72.2 Å². The lowest BCUT2D eigenvalue weighted by molar-refractivity contribution is 0.102. The van der Waals surface area contributed by atoms with Crippen LogP contribution in [0.4, 0.5) is 5.69 Å². The highest BCUT2D eigenvalue weighted by Gasteiger charge is 2.14. The second kappa shape index (κ2) is 7.78. The number of hydrogen-bond donors (Lipinski definition) is 1. The molecule has 7 heteroatoms. The molecule has 0 aliphatic heterocycles. The molecule has 0 saturated heterocycles. The first-order chi connectivity index (χ1) is 14.7. The summed E-state index contributed by atoms with van der Waals surface area (Å²) in [7, 11) is 0. The summed E-state index contributed by atoms with van der Waals surface area (Å²) in [5.41, 5.74) is 5.05. The Morgan fingerprint density at radius 3 is 2.60 bits per heavy atom. The maximum Gasteiger partial charge on any atom is 0.275 e. The van der Waals surface area contributed by atoms with Gasteiger partial charge in [0.1, 0.15) is 26.1 Å².